The van der Waals surface area contributed by atoms with Crippen LogP contribution in [-0.4, -0.2) is 36.0 Å². The third kappa shape index (κ3) is 2.85. The zero-order valence-corrected chi connectivity index (χ0v) is 14.0. The van der Waals surface area contributed by atoms with Crippen molar-refractivity contribution in [3.05, 3.63) is 33.9 Å². The van der Waals surface area contributed by atoms with Gasteiger partial charge >= 0.3 is 0 Å². The third-order valence-corrected chi connectivity index (χ3v) is 4.72. The zero-order chi connectivity index (χ0) is 15.1. The molecule has 0 atom stereocenters. The number of carbonyl (C=O) groups excluding carboxylic acids is 1. The number of benzene rings is 1. The normalized spacial score (nSPS) is 15.0. The van der Waals surface area contributed by atoms with Crippen LogP contribution in [0, 0.1) is 0 Å². The quantitative estimate of drug-likeness (QED) is 0.902. The Bertz CT molecular complexity index is 701. The predicted molar refractivity (Wildman–Crippen MR) is 88.7 cm³/mol. The number of rotatable bonds is 5. The van der Waals surface area contributed by atoms with E-state index in [-0.39, 0.29) is 5.91 Å². The number of aromatic nitrogens is 1. The van der Waals surface area contributed by atoms with E-state index in [9.17, 15) is 4.79 Å². The SMILES string of the molecule is CN(C)CCn1c(C(N)=O)cc2c(Br)cc(C3CC3)cc21. The van der Waals surface area contributed by atoms with E-state index in [0.29, 0.717) is 11.6 Å². The highest BCUT2D eigenvalue weighted by molar-refractivity contribution is 9.10. The van der Waals surface area contributed by atoms with Gasteiger partial charge in [-0.1, -0.05) is 15.9 Å². The molecular formula is C16H20BrN3O. The van der Waals surface area contributed by atoms with Crippen LogP contribution < -0.4 is 5.73 Å². The minimum Gasteiger partial charge on any atom is -0.364 e. The lowest BCUT2D eigenvalue weighted by Crippen LogP contribution is -2.22. The van der Waals surface area contributed by atoms with Gasteiger partial charge in [-0.15, -0.1) is 0 Å². The molecule has 112 valence electrons. The minimum atomic E-state index is -0.371. The van der Waals surface area contributed by atoms with Gasteiger partial charge in [0.15, 0.2) is 0 Å². The summed E-state index contributed by atoms with van der Waals surface area (Å²) >= 11 is 3.64. The fourth-order valence-electron chi connectivity index (χ4n) is 2.73. The molecule has 1 heterocycles. The Balaban J connectivity index is 2.14. The van der Waals surface area contributed by atoms with Crippen molar-refractivity contribution in [3.8, 4) is 0 Å². The summed E-state index contributed by atoms with van der Waals surface area (Å²) in [4.78, 5) is 13.9. The number of carbonyl (C=O) groups is 1. The summed E-state index contributed by atoms with van der Waals surface area (Å²) in [6, 6.07) is 6.30. The van der Waals surface area contributed by atoms with E-state index in [0.717, 1.165) is 28.5 Å². The van der Waals surface area contributed by atoms with Crippen molar-refractivity contribution < 1.29 is 4.79 Å². The summed E-state index contributed by atoms with van der Waals surface area (Å²) in [6.45, 7) is 1.63. The van der Waals surface area contributed by atoms with Gasteiger partial charge in [-0.3, -0.25) is 4.79 Å². The molecule has 1 saturated carbocycles. The van der Waals surface area contributed by atoms with Gasteiger partial charge in [0.2, 0.25) is 0 Å². The highest BCUT2D eigenvalue weighted by Crippen LogP contribution is 2.43. The fraction of sp³-hybridized carbons (Fsp3) is 0.438. The summed E-state index contributed by atoms with van der Waals surface area (Å²) < 4.78 is 3.10. The number of amides is 1. The van der Waals surface area contributed by atoms with Crippen molar-refractivity contribution in [1.29, 1.82) is 0 Å². The lowest BCUT2D eigenvalue weighted by molar-refractivity contribution is 0.0991. The molecule has 21 heavy (non-hydrogen) atoms. The average molecular weight is 350 g/mol. The molecule has 1 aromatic carbocycles. The molecule has 3 rings (SSSR count). The van der Waals surface area contributed by atoms with Gasteiger partial charge in [-0.05, 0) is 56.6 Å². The Morgan fingerprint density at radius 1 is 1.38 bits per heavy atom. The lowest BCUT2D eigenvalue weighted by atomic mass is 10.1. The first kappa shape index (κ1) is 14.6. The highest BCUT2D eigenvalue weighted by Gasteiger charge is 2.25. The average Bonchev–Trinajstić information content (AvgIpc) is 3.18. The molecular weight excluding hydrogens is 330 g/mol. The van der Waals surface area contributed by atoms with Gasteiger partial charge < -0.3 is 15.2 Å². The molecule has 0 unspecified atom stereocenters. The largest absolute Gasteiger partial charge is 0.364 e. The van der Waals surface area contributed by atoms with Gasteiger partial charge in [0.1, 0.15) is 5.69 Å². The second kappa shape index (κ2) is 5.46. The molecule has 4 nitrogen and oxygen atoms in total. The van der Waals surface area contributed by atoms with Crippen LogP contribution in [0.4, 0.5) is 0 Å². The summed E-state index contributed by atoms with van der Waals surface area (Å²) in [5.74, 6) is 0.310. The lowest BCUT2D eigenvalue weighted by Gasteiger charge is -2.14. The minimum absolute atomic E-state index is 0.371. The summed E-state index contributed by atoms with van der Waals surface area (Å²) in [7, 11) is 4.06. The Hall–Kier alpha value is -1.33. The number of primary amides is 1. The summed E-state index contributed by atoms with van der Waals surface area (Å²) in [5.41, 5.74) is 8.60. The van der Waals surface area contributed by atoms with Gasteiger partial charge in [0, 0.05) is 22.9 Å². The first-order chi connectivity index (χ1) is 9.97. The molecule has 1 amide bonds. The van der Waals surface area contributed by atoms with Crippen molar-refractivity contribution in [1.82, 2.24) is 9.47 Å². The molecule has 2 aromatic rings. The second-order valence-electron chi connectivity index (χ2n) is 6.06. The Labute approximate surface area is 133 Å². The number of likely N-dealkylation sites (N-methyl/N-ethyl adjacent to an activating group) is 1. The van der Waals surface area contributed by atoms with Gasteiger partial charge in [0.05, 0.1) is 5.52 Å². The first-order valence-electron chi connectivity index (χ1n) is 7.24. The topological polar surface area (TPSA) is 51.3 Å². The Morgan fingerprint density at radius 3 is 2.67 bits per heavy atom. The molecule has 0 bridgehead atoms. The van der Waals surface area contributed by atoms with Crippen LogP contribution in [0.25, 0.3) is 10.9 Å². The van der Waals surface area contributed by atoms with Crippen LogP contribution in [0.1, 0.15) is 34.8 Å². The number of fused-ring (bicyclic) bond motifs is 1. The van der Waals surface area contributed by atoms with Gasteiger partial charge in [0.25, 0.3) is 5.91 Å². The maximum atomic E-state index is 11.8. The molecule has 0 spiro atoms. The zero-order valence-electron chi connectivity index (χ0n) is 12.4. The van der Waals surface area contributed by atoms with Crippen molar-refractivity contribution in [2.24, 2.45) is 5.73 Å². The standard InChI is InChI=1S/C16H20BrN3O/c1-19(2)5-6-20-14-8-11(10-3-4-10)7-13(17)12(14)9-15(20)16(18)21/h7-10H,3-6H2,1-2H3,(H2,18,21). The smallest absolute Gasteiger partial charge is 0.265 e. The molecule has 0 saturated heterocycles. The number of hydrogen-bond acceptors (Lipinski definition) is 2. The van der Waals surface area contributed by atoms with E-state index in [1.807, 2.05) is 24.7 Å². The number of nitrogens with zero attached hydrogens (tertiary/aromatic N) is 2. The Kier molecular flexibility index (Phi) is 3.80. The molecule has 1 fully saturated rings. The van der Waals surface area contributed by atoms with Crippen molar-refractivity contribution in [2.45, 2.75) is 25.3 Å². The first-order valence-corrected chi connectivity index (χ1v) is 8.04. The van der Waals surface area contributed by atoms with E-state index in [4.69, 9.17) is 5.73 Å². The van der Waals surface area contributed by atoms with Crippen LogP contribution in [0.3, 0.4) is 0 Å². The van der Waals surface area contributed by atoms with Crippen molar-refractivity contribution in [2.75, 3.05) is 20.6 Å². The number of nitrogens with two attached hydrogens (primary N) is 1. The van der Waals surface area contributed by atoms with Crippen molar-refractivity contribution >= 4 is 32.7 Å². The van der Waals surface area contributed by atoms with E-state index < -0.39 is 0 Å². The van der Waals surface area contributed by atoms with E-state index in [1.54, 1.807) is 0 Å². The summed E-state index contributed by atoms with van der Waals surface area (Å²) in [6.07, 6.45) is 2.53. The van der Waals surface area contributed by atoms with Crippen molar-refractivity contribution in [3.63, 3.8) is 0 Å². The fourth-order valence-corrected chi connectivity index (χ4v) is 3.31. The molecule has 0 radical (unpaired) electrons. The maximum absolute atomic E-state index is 11.8. The van der Waals surface area contributed by atoms with E-state index >= 15 is 0 Å². The van der Waals surface area contributed by atoms with Crippen LogP contribution in [-0.2, 0) is 6.54 Å². The maximum Gasteiger partial charge on any atom is 0.265 e. The highest BCUT2D eigenvalue weighted by atomic mass is 79.9. The van der Waals surface area contributed by atoms with Crippen LogP contribution in [0.15, 0.2) is 22.7 Å². The van der Waals surface area contributed by atoms with E-state index in [2.05, 4.69) is 33.0 Å². The molecule has 0 aliphatic heterocycles. The predicted octanol–water partition coefficient (Wildman–Crippen LogP) is 2.94. The Morgan fingerprint density at radius 2 is 2.10 bits per heavy atom. The van der Waals surface area contributed by atoms with Crippen LogP contribution >= 0.6 is 15.9 Å². The van der Waals surface area contributed by atoms with Gasteiger partial charge in [-0.2, -0.15) is 0 Å². The van der Waals surface area contributed by atoms with Crippen LogP contribution in [0.2, 0.25) is 0 Å². The molecule has 5 heteroatoms. The summed E-state index contributed by atoms with van der Waals surface area (Å²) in [5, 5.41) is 1.06. The van der Waals surface area contributed by atoms with E-state index in [1.165, 1.54) is 18.4 Å². The molecule has 1 aliphatic rings. The number of hydrogen-bond donors (Lipinski definition) is 1. The third-order valence-electron chi connectivity index (χ3n) is 4.06. The monoisotopic (exact) mass is 349 g/mol. The molecule has 1 aromatic heterocycles. The van der Waals surface area contributed by atoms with Crippen LogP contribution in [0.5, 0.6) is 0 Å². The molecule has 1 aliphatic carbocycles. The second-order valence-corrected chi connectivity index (χ2v) is 6.91. The molecule has 2 N–H and O–H groups in total. The number of halogens is 1. The van der Waals surface area contributed by atoms with Gasteiger partial charge in [-0.25, -0.2) is 0 Å².